The van der Waals surface area contributed by atoms with Gasteiger partial charge in [0.05, 0.1) is 12.7 Å². The molecular weight excluding hydrogens is 292 g/mol. The molecule has 0 saturated carbocycles. The van der Waals surface area contributed by atoms with E-state index in [1.165, 1.54) is 0 Å². The van der Waals surface area contributed by atoms with Crippen LogP contribution in [0.15, 0.2) is 61.1 Å². The fourth-order valence-electron chi connectivity index (χ4n) is 2.48. The third-order valence-electron chi connectivity index (χ3n) is 3.56. The van der Waals surface area contributed by atoms with E-state index in [9.17, 15) is 4.79 Å². The van der Waals surface area contributed by atoms with Gasteiger partial charge in [0.25, 0.3) is 5.91 Å². The Kier molecular flexibility index (Phi) is 3.20. The average molecular weight is 304 g/mol. The van der Waals surface area contributed by atoms with Crippen LogP contribution < -0.4 is 9.64 Å². The van der Waals surface area contributed by atoms with E-state index in [-0.39, 0.29) is 11.9 Å². The Morgan fingerprint density at radius 2 is 1.96 bits per heavy atom. The van der Waals surface area contributed by atoms with Gasteiger partial charge in [-0.25, -0.2) is 4.98 Å². The van der Waals surface area contributed by atoms with Crippen LogP contribution in [-0.4, -0.2) is 20.9 Å². The smallest absolute Gasteiger partial charge is 0.323 e. The molecule has 0 saturated heterocycles. The van der Waals surface area contributed by atoms with E-state index >= 15 is 0 Å². The van der Waals surface area contributed by atoms with Gasteiger partial charge in [0.15, 0.2) is 0 Å². The number of fused-ring (bicyclic) bond motifs is 1. The van der Waals surface area contributed by atoms with Crippen LogP contribution in [-0.2, 0) is 6.54 Å². The van der Waals surface area contributed by atoms with E-state index < -0.39 is 0 Å². The van der Waals surface area contributed by atoms with Crippen molar-refractivity contribution in [1.29, 1.82) is 0 Å². The number of carbonyl (C=O) groups is 1. The second-order valence-corrected chi connectivity index (χ2v) is 5.04. The largest absolute Gasteiger partial charge is 0.423 e. The molecule has 3 aromatic rings. The van der Waals surface area contributed by atoms with Gasteiger partial charge in [0.1, 0.15) is 11.6 Å². The van der Waals surface area contributed by atoms with Crippen LogP contribution >= 0.6 is 0 Å². The highest BCUT2D eigenvalue weighted by molar-refractivity contribution is 6.09. The highest BCUT2D eigenvalue weighted by Gasteiger charge is 2.29. The topological polar surface area (TPSA) is 68.2 Å². The highest BCUT2D eigenvalue weighted by atomic mass is 16.5. The summed E-state index contributed by atoms with van der Waals surface area (Å²) in [6.07, 6.45) is 4.81. The number of pyridine rings is 1. The number of ether oxygens (including phenoxy) is 1. The first-order chi connectivity index (χ1) is 11.3. The molecule has 112 valence electrons. The van der Waals surface area contributed by atoms with E-state index in [2.05, 4.69) is 15.0 Å². The van der Waals surface area contributed by atoms with Crippen LogP contribution in [0.1, 0.15) is 15.9 Å². The first-order valence-electron chi connectivity index (χ1n) is 7.12. The lowest BCUT2D eigenvalue weighted by Gasteiger charge is -2.14. The van der Waals surface area contributed by atoms with Crippen molar-refractivity contribution >= 4 is 11.7 Å². The van der Waals surface area contributed by atoms with Gasteiger partial charge in [-0.15, -0.1) is 0 Å². The summed E-state index contributed by atoms with van der Waals surface area (Å²) in [5, 5.41) is 0. The van der Waals surface area contributed by atoms with Crippen LogP contribution in [0.2, 0.25) is 0 Å². The average Bonchev–Trinajstić information content (AvgIpc) is 2.93. The van der Waals surface area contributed by atoms with Gasteiger partial charge in [0.2, 0.25) is 0 Å². The SMILES string of the molecule is O=C1c2ccccc2CN1c1ccnc(Oc2cccnc2)n1. The minimum atomic E-state index is -0.0633. The zero-order chi connectivity index (χ0) is 15.6. The number of rotatable bonds is 3. The third-order valence-corrected chi connectivity index (χ3v) is 3.56. The molecule has 0 atom stereocenters. The van der Waals surface area contributed by atoms with E-state index in [1.807, 2.05) is 24.3 Å². The minimum absolute atomic E-state index is 0.0633. The predicted molar refractivity (Wildman–Crippen MR) is 83.3 cm³/mol. The summed E-state index contributed by atoms with van der Waals surface area (Å²) in [5.41, 5.74) is 1.70. The first kappa shape index (κ1) is 13.4. The second kappa shape index (κ2) is 5.49. The Balaban J connectivity index is 1.62. The number of anilines is 1. The van der Waals surface area contributed by atoms with Crippen molar-refractivity contribution in [3.05, 3.63) is 72.2 Å². The van der Waals surface area contributed by atoms with Gasteiger partial charge in [-0.2, -0.15) is 4.98 Å². The fraction of sp³-hybridized carbons (Fsp3) is 0.0588. The molecule has 6 nitrogen and oxygen atoms in total. The van der Waals surface area contributed by atoms with Crippen LogP contribution in [0.4, 0.5) is 5.82 Å². The number of benzene rings is 1. The molecule has 23 heavy (non-hydrogen) atoms. The Morgan fingerprint density at radius 3 is 2.78 bits per heavy atom. The Labute approximate surface area is 132 Å². The van der Waals surface area contributed by atoms with Crippen molar-refractivity contribution in [2.24, 2.45) is 0 Å². The van der Waals surface area contributed by atoms with Crippen LogP contribution in [0.3, 0.4) is 0 Å². The molecule has 2 aromatic heterocycles. The maximum absolute atomic E-state index is 12.5. The Morgan fingerprint density at radius 1 is 1.04 bits per heavy atom. The molecule has 0 radical (unpaired) electrons. The van der Waals surface area contributed by atoms with Gasteiger partial charge < -0.3 is 4.74 Å². The summed E-state index contributed by atoms with van der Waals surface area (Å²) in [4.78, 5) is 26.5. The molecule has 6 heteroatoms. The summed E-state index contributed by atoms with van der Waals surface area (Å²) >= 11 is 0. The summed E-state index contributed by atoms with van der Waals surface area (Å²) in [6.45, 7) is 0.498. The number of amides is 1. The maximum atomic E-state index is 12.5. The van der Waals surface area contributed by atoms with Crippen molar-refractivity contribution < 1.29 is 9.53 Å². The van der Waals surface area contributed by atoms with Crippen molar-refractivity contribution in [2.45, 2.75) is 6.54 Å². The van der Waals surface area contributed by atoms with Crippen molar-refractivity contribution in [2.75, 3.05) is 4.90 Å². The van der Waals surface area contributed by atoms with Crippen molar-refractivity contribution in [3.63, 3.8) is 0 Å². The molecule has 0 unspecified atom stereocenters. The third kappa shape index (κ3) is 2.50. The maximum Gasteiger partial charge on any atom is 0.323 e. The highest BCUT2D eigenvalue weighted by Crippen LogP contribution is 2.28. The van der Waals surface area contributed by atoms with E-state index in [0.717, 1.165) is 5.56 Å². The molecule has 1 aliphatic heterocycles. The van der Waals surface area contributed by atoms with Crippen LogP contribution in [0.5, 0.6) is 11.8 Å². The second-order valence-electron chi connectivity index (χ2n) is 5.04. The molecule has 3 heterocycles. The molecule has 1 aromatic carbocycles. The number of hydrogen-bond acceptors (Lipinski definition) is 5. The molecule has 0 bridgehead atoms. The molecule has 1 amide bonds. The van der Waals surface area contributed by atoms with Gasteiger partial charge in [-0.05, 0) is 29.8 Å². The van der Waals surface area contributed by atoms with E-state index in [4.69, 9.17) is 4.74 Å². The number of nitrogens with zero attached hydrogens (tertiary/aromatic N) is 4. The minimum Gasteiger partial charge on any atom is -0.423 e. The standard InChI is InChI=1S/C17H12N4O2/c22-16-14-6-2-1-4-12(14)11-21(16)15-7-9-19-17(20-15)23-13-5-3-8-18-10-13/h1-10H,11H2. The van der Waals surface area contributed by atoms with Gasteiger partial charge in [-0.3, -0.25) is 14.7 Å². The predicted octanol–water partition coefficient (Wildman–Crippen LogP) is 2.82. The molecular formula is C17H12N4O2. The van der Waals surface area contributed by atoms with E-state index in [1.54, 1.807) is 41.7 Å². The quantitative estimate of drug-likeness (QED) is 0.744. The summed E-state index contributed by atoms with van der Waals surface area (Å²) in [5.74, 6) is 0.993. The lowest BCUT2D eigenvalue weighted by Crippen LogP contribution is -2.24. The number of aromatic nitrogens is 3. The van der Waals surface area contributed by atoms with Gasteiger partial charge >= 0.3 is 6.01 Å². The van der Waals surface area contributed by atoms with Gasteiger partial charge in [-0.1, -0.05) is 18.2 Å². The van der Waals surface area contributed by atoms with Crippen molar-refractivity contribution in [3.8, 4) is 11.8 Å². The van der Waals surface area contributed by atoms with Crippen LogP contribution in [0.25, 0.3) is 0 Å². The first-order valence-corrected chi connectivity index (χ1v) is 7.12. The zero-order valence-corrected chi connectivity index (χ0v) is 12.1. The van der Waals surface area contributed by atoms with E-state index in [0.29, 0.717) is 23.7 Å². The normalized spacial score (nSPS) is 13.0. The molecule has 0 N–H and O–H groups in total. The molecule has 1 aliphatic rings. The lowest BCUT2D eigenvalue weighted by molar-refractivity contribution is 0.0996. The summed E-state index contributed by atoms with van der Waals surface area (Å²) in [6, 6.07) is 13.0. The Hall–Kier alpha value is -3.28. The summed E-state index contributed by atoms with van der Waals surface area (Å²) < 4.78 is 5.57. The molecule has 0 aliphatic carbocycles. The zero-order valence-electron chi connectivity index (χ0n) is 12.1. The number of hydrogen-bond donors (Lipinski definition) is 0. The lowest BCUT2D eigenvalue weighted by atomic mass is 10.1. The molecule has 0 spiro atoms. The van der Waals surface area contributed by atoms with Crippen LogP contribution in [0, 0.1) is 0 Å². The Bertz CT molecular complexity index is 867. The number of carbonyl (C=O) groups excluding carboxylic acids is 1. The fourth-order valence-corrected chi connectivity index (χ4v) is 2.48. The van der Waals surface area contributed by atoms with Crippen molar-refractivity contribution in [1.82, 2.24) is 15.0 Å². The molecule has 0 fully saturated rings. The monoisotopic (exact) mass is 304 g/mol. The summed E-state index contributed by atoms with van der Waals surface area (Å²) in [7, 11) is 0. The molecule has 4 rings (SSSR count). The van der Waals surface area contributed by atoms with Gasteiger partial charge in [0, 0.05) is 18.0 Å².